The third kappa shape index (κ3) is 4.38. The first kappa shape index (κ1) is 22.3. The molecule has 1 saturated carbocycles. The van der Waals surface area contributed by atoms with E-state index in [1.165, 1.54) is 38.1 Å². The van der Waals surface area contributed by atoms with Gasteiger partial charge in [0, 0.05) is 18.2 Å². The maximum Gasteiger partial charge on any atom is 0.339 e. The number of rotatable bonds is 8. The monoisotopic (exact) mass is 430 g/mol. The van der Waals surface area contributed by atoms with Crippen LogP contribution in [0.25, 0.3) is 0 Å². The highest BCUT2D eigenvalue weighted by atomic mass is 32.2. The van der Waals surface area contributed by atoms with E-state index >= 15 is 0 Å². The van der Waals surface area contributed by atoms with Gasteiger partial charge in [-0.1, -0.05) is 37.1 Å². The van der Waals surface area contributed by atoms with E-state index in [-0.39, 0.29) is 11.0 Å². The Balaban J connectivity index is 1.83. The van der Waals surface area contributed by atoms with Crippen molar-refractivity contribution < 1.29 is 14.3 Å². The summed E-state index contributed by atoms with van der Waals surface area (Å²) >= 11 is 1.39. The molecule has 2 aromatic heterocycles. The maximum atomic E-state index is 13.1. The van der Waals surface area contributed by atoms with Crippen molar-refractivity contribution >= 4 is 23.5 Å². The van der Waals surface area contributed by atoms with E-state index in [1.807, 2.05) is 13.0 Å². The summed E-state index contributed by atoms with van der Waals surface area (Å²) in [5.41, 5.74) is 2.12. The number of aromatic amines is 1. The van der Waals surface area contributed by atoms with Crippen molar-refractivity contribution in [3.8, 4) is 0 Å². The predicted octanol–water partition coefficient (Wildman–Crippen LogP) is 4.61. The van der Waals surface area contributed by atoms with E-state index < -0.39 is 5.97 Å². The van der Waals surface area contributed by atoms with Crippen LogP contribution < -0.4 is 0 Å². The molecule has 0 saturated heterocycles. The molecule has 1 fully saturated rings. The van der Waals surface area contributed by atoms with Gasteiger partial charge in [0.15, 0.2) is 10.9 Å². The molecule has 8 heteroatoms. The molecule has 0 spiro atoms. The van der Waals surface area contributed by atoms with Gasteiger partial charge in [-0.15, -0.1) is 16.8 Å². The fourth-order valence-corrected chi connectivity index (χ4v) is 5.09. The van der Waals surface area contributed by atoms with E-state index in [9.17, 15) is 9.59 Å². The highest BCUT2D eigenvalue weighted by molar-refractivity contribution is 8.00. The van der Waals surface area contributed by atoms with Gasteiger partial charge in [0.25, 0.3) is 0 Å². The second kappa shape index (κ2) is 9.64. The molecular formula is C22H30N4O3S. The van der Waals surface area contributed by atoms with E-state index in [1.54, 1.807) is 13.8 Å². The molecule has 1 unspecified atom stereocenters. The molecule has 1 aliphatic rings. The zero-order valence-electron chi connectivity index (χ0n) is 18.2. The first-order chi connectivity index (χ1) is 14.4. The number of hydrogen-bond donors (Lipinski definition) is 1. The minimum Gasteiger partial charge on any atom is -0.465 e. The van der Waals surface area contributed by atoms with Gasteiger partial charge in [0.05, 0.1) is 23.6 Å². The predicted molar refractivity (Wildman–Crippen MR) is 117 cm³/mol. The second-order valence-corrected chi connectivity index (χ2v) is 9.12. The molecule has 1 N–H and O–H groups in total. The van der Waals surface area contributed by atoms with Crippen LogP contribution in [0.1, 0.15) is 82.9 Å². The number of thioether (sulfide) groups is 1. The number of allylic oxidation sites excluding steroid dienone is 1. The number of hydrogen-bond acceptors (Lipinski definition) is 6. The van der Waals surface area contributed by atoms with Crippen molar-refractivity contribution in [3.05, 3.63) is 41.0 Å². The molecule has 0 amide bonds. The van der Waals surface area contributed by atoms with Crippen LogP contribution in [0.2, 0.25) is 0 Å². The Morgan fingerprint density at radius 1 is 1.30 bits per heavy atom. The van der Waals surface area contributed by atoms with Crippen LogP contribution in [0.3, 0.4) is 0 Å². The number of methoxy groups -OCH3 is 1. The summed E-state index contributed by atoms with van der Waals surface area (Å²) in [7, 11) is 1.34. The minimum atomic E-state index is -0.441. The smallest absolute Gasteiger partial charge is 0.339 e. The van der Waals surface area contributed by atoms with Gasteiger partial charge in [-0.05, 0) is 39.2 Å². The number of carbonyl (C=O) groups is 2. The van der Waals surface area contributed by atoms with Gasteiger partial charge in [0.1, 0.15) is 5.82 Å². The van der Waals surface area contributed by atoms with Crippen LogP contribution in [0.5, 0.6) is 0 Å². The largest absolute Gasteiger partial charge is 0.465 e. The molecule has 0 aromatic carbocycles. The molecule has 7 nitrogen and oxygen atoms in total. The number of aromatic nitrogens is 4. The Labute approximate surface area is 181 Å². The molecule has 30 heavy (non-hydrogen) atoms. The lowest BCUT2D eigenvalue weighted by atomic mass is 9.89. The summed E-state index contributed by atoms with van der Waals surface area (Å²) in [6.45, 7) is 9.88. The van der Waals surface area contributed by atoms with Gasteiger partial charge in [-0.3, -0.25) is 4.79 Å². The molecule has 2 heterocycles. The van der Waals surface area contributed by atoms with E-state index in [0.717, 1.165) is 23.8 Å². The Kier molecular flexibility index (Phi) is 7.18. The number of nitrogens with zero attached hydrogens (tertiary/aromatic N) is 3. The molecule has 162 valence electrons. The van der Waals surface area contributed by atoms with Crippen molar-refractivity contribution in [1.29, 1.82) is 0 Å². The quantitative estimate of drug-likeness (QED) is 0.285. The number of ketones is 1. The summed E-state index contributed by atoms with van der Waals surface area (Å²) in [6, 6.07) is 0. The topological polar surface area (TPSA) is 89.9 Å². The van der Waals surface area contributed by atoms with Crippen LogP contribution in [0, 0.1) is 13.8 Å². The first-order valence-electron chi connectivity index (χ1n) is 10.4. The summed E-state index contributed by atoms with van der Waals surface area (Å²) in [4.78, 5) is 28.2. The van der Waals surface area contributed by atoms with Crippen molar-refractivity contribution in [2.45, 2.75) is 75.7 Å². The Morgan fingerprint density at radius 3 is 2.63 bits per heavy atom. The maximum absolute atomic E-state index is 13.1. The van der Waals surface area contributed by atoms with E-state index in [2.05, 4.69) is 26.3 Å². The third-order valence-corrected chi connectivity index (χ3v) is 6.83. The molecule has 1 atom stereocenters. The van der Waals surface area contributed by atoms with Crippen LogP contribution in [-0.2, 0) is 11.3 Å². The van der Waals surface area contributed by atoms with Gasteiger partial charge < -0.3 is 14.3 Å². The standard InChI is InChI=1S/C22H30N4O3S/c1-6-12-26-20(16-10-8-7-9-11-16)24-25-22(26)30-15(4)19(27)18-13(2)17(14(3)23-18)21(28)29-5/h6,15-16,23H,1,7-12H2,2-5H3. The number of Topliss-reactive ketones (excluding diaryl/α,β-unsaturated/α-hetero) is 1. The lowest BCUT2D eigenvalue weighted by Crippen LogP contribution is -2.17. The minimum absolute atomic E-state index is 0.0804. The highest BCUT2D eigenvalue weighted by Gasteiger charge is 2.28. The molecule has 1 aliphatic carbocycles. The van der Waals surface area contributed by atoms with Gasteiger partial charge in [-0.2, -0.15) is 0 Å². The Bertz CT molecular complexity index is 941. The summed E-state index contributed by atoms with van der Waals surface area (Å²) in [5, 5.41) is 9.22. The molecule has 2 aromatic rings. The summed E-state index contributed by atoms with van der Waals surface area (Å²) < 4.78 is 6.93. The zero-order chi connectivity index (χ0) is 21.8. The fraction of sp³-hybridized carbons (Fsp3) is 0.545. The van der Waals surface area contributed by atoms with Crippen LogP contribution in [0.15, 0.2) is 17.8 Å². The number of carbonyl (C=O) groups excluding carboxylic acids is 2. The molecule has 0 aliphatic heterocycles. The van der Waals surface area contributed by atoms with Crippen LogP contribution >= 0.6 is 11.8 Å². The molecule has 3 rings (SSSR count). The normalized spacial score (nSPS) is 15.7. The first-order valence-corrected chi connectivity index (χ1v) is 11.3. The number of aryl methyl sites for hydroxylation is 1. The number of H-pyrrole nitrogens is 1. The number of esters is 1. The highest BCUT2D eigenvalue weighted by Crippen LogP contribution is 2.34. The van der Waals surface area contributed by atoms with E-state index in [4.69, 9.17) is 4.74 Å². The fourth-order valence-electron chi connectivity index (χ4n) is 4.17. The average molecular weight is 431 g/mol. The molecule has 0 bridgehead atoms. The number of nitrogens with one attached hydrogen (secondary N) is 1. The third-order valence-electron chi connectivity index (χ3n) is 5.75. The van der Waals surface area contributed by atoms with Gasteiger partial charge in [0.2, 0.25) is 0 Å². The zero-order valence-corrected chi connectivity index (χ0v) is 19.0. The Morgan fingerprint density at radius 2 is 2.00 bits per heavy atom. The van der Waals surface area contributed by atoms with E-state index in [0.29, 0.717) is 35.0 Å². The van der Waals surface area contributed by atoms with Crippen molar-refractivity contribution in [1.82, 2.24) is 19.7 Å². The second-order valence-electron chi connectivity index (χ2n) is 7.82. The van der Waals surface area contributed by atoms with Crippen molar-refractivity contribution in [2.75, 3.05) is 7.11 Å². The average Bonchev–Trinajstić information content (AvgIpc) is 3.28. The van der Waals surface area contributed by atoms with Crippen LogP contribution in [0.4, 0.5) is 0 Å². The van der Waals surface area contributed by atoms with Crippen molar-refractivity contribution in [3.63, 3.8) is 0 Å². The number of ether oxygens (including phenoxy) is 1. The summed E-state index contributed by atoms with van der Waals surface area (Å²) in [6.07, 6.45) is 7.82. The van der Waals surface area contributed by atoms with Gasteiger partial charge >= 0.3 is 5.97 Å². The lowest BCUT2D eigenvalue weighted by Gasteiger charge is -2.21. The van der Waals surface area contributed by atoms with Crippen molar-refractivity contribution in [2.24, 2.45) is 0 Å². The SMILES string of the molecule is C=CCn1c(SC(C)C(=O)c2[nH]c(C)c(C(=O)OC)c2C)nnc1C1CCCCC1. The lowest BCUT2D eigenvalue weighted by molar-refractivity contribution is 0.0599. The Hall–Kier alpha value is -2.35. The van der Waals surface area contributed by atoms with Crippen LogP contribution in [-0.4, -0.2) is 43.9 Å². The molecule has 0 radical (unpaired) electrons. The molecular weight excluding hydrogens is 400 g/mol. The summed E-state index contributed by atoms with van der Waals surface area (Å²) in [5.74, 6) is 0.894. The van der Waals surface area contributed by atoms with Gasteiger partial charge in [-0.25, -0.2) is 4.79 Å².